The molecule has 2 aromatic carbocycles. The van der Waals surface area contributed by atoms with E-state index >= 15 is 0 Å². The predicted octanol–water partition coefficient (Wildman–Crippen LogP) is 3.31. The molecular formula is C21H25NO4S. The highest BCUT2D eigenvalue weighted by molar-refractivity contribution is 7.86. The number of aryl methyl sites for hydroxylation is 2. The maximum atomic E-state index is 11.8. The van der Waals surface area contributed by atoms with E-state index in [0.717, 1.165) is 36.8 Å². The van der Waals surface area contributed by atoms with Crippen LogP contribution in [0.1, 0.15) is 39.4 Å². The van der Waals surface area contributed by atoms with Crippen molar-refractivity contribution in [1.29, 1.82) is 0 Å². The molecule has 4 rings (SSSR count). The summed E-state index contributed by atoms with van der Waals surface area (Å²) in [4.78, 5) is 2.42. The van der Waals surface area contributed by atoms with E-state index in [1.54, 1.807) is 6.07 Å². The summed E-state index contributed by atoms with van der Waals surface area (Å²) in [5.74, 6) is 0.795. The normalized spacial score (nSPS) is 19.0. The second-order valence-electron chi connectivity index (χ2n) is 7.60. The number of ether oxygens (including phenoxy) is 1. The van der Waals surface area contributed by atoms with E-state index in [2.05, 4.69) is 30.9 Å². The summed E-state index contributed by atoms with van der Waals surface area (Å²) in [5, 5.41) is 0. The number of benzene rings is 2. The van der Waals surface area contributed by atoms with E-state index in [-0.39, 0.29) is 0 Å². The second-order valence-corrected chi connectivity index (χ2v) is 9.17. The molecule has 5 nitrogen and oxygen atoms in total. The molecule has 0 spiro atoms. The third-order valence-electron chi connectivity index (χ3n) is 5.77. The van der Waals surface area contributed by atoms with Crippen molar-refractivity contribution in [2.24, 2.45) is 0 Å². The van der Waals surface area contributed by atoms with Gasteiger partial charge in [0.1, 0.15) is 0 Å². The molecular weight excluding hydrogens is 362 g/mol. The average molecular weight is 388 g/mol. The van der Waals surface area contributed by atoms with Gasteiger partial charge >= 0.3 is 10.1 Å². The van der Waals surface area contributed by atoms with Gasteiger partial charge in [0.15, 0.2) is 11.5 Å². The Kier molecular flexibility index (Phi) is 4.43. The van der Waals surface area contributed by atoms with E-state index in [9.17, 15) is 8.42 Å². The van der Waals surface area contributed by atoms with Gasteiger partial charge < -0.3 is 8.92 Å². The zero-order valence-corrected chi connectivity index (χ0v) is 17.0. The fourth-order valence-electron chi connectivity index (χ4n) is 4.30. The quantitative estimate of drug-likeness (QED) is 0.757. The summed E-state index contributed by atoms with van der Waals surface area (Å²) in [7, 11) is -2.10. The van der Waals surface area contributed by atoms with E-state index < -0.39 is 10.1 Å². The molecule has 0 bridgehead atoms. The predicted molar refractivity (Wildman–Crippen MR) is 105 cm³/mol. The van der Waals surface area contributed by atoms with E-state index in [4.69, 9.17) is 8.92 Å². The van der Waals surface area contributed by atoms with Crippen LogP contribution in [0.4, 0.5) is 0 Å². The van der Waals surface area contributed by atoms with Crippen molar-refractivity contribution in [3.63, 3.8) is 0 Å². The molecule has 0 fully saturated rings. The Morgan fingerprint density at radius 1 is 1.11 bits per heavy atom. The van der Waals surface area contributed by atoms with E-state index in [1.165, 1.54) is 29.4 Å². The number of hydrogen-bond donors (Lipinski definition) is 0. The first-order valence-electron chi connectivity index (χ1n) is 9.19. The Labute approximate surface area is 161 Å². The van der Waals surface area contributed by atoms with Crippen LogP contribution < -0.4 is 8.92 Å². The summed E-state index contributed by atoms with van der Waals surface area (Å²) in [6, 6.07) is 8.81. The fourth-order valence-corrected chi connectivity index (χ4v) is 4.78. The zero-order valence-electron chi connectivity index (χ0n) is 16.2. The number of fused-ring (bicyclic) bond motifs is 4. The molecule has 0 N–H and O–H groups in total. The molecule has 1 unspecified atom stereocenters. The van der Waals surface area contributed by atoms with Gasteiger partial charge in [-0.15, -0.1) is 0 Å². The lowest BCUT2D eigenvalue weighted by molar-refractivity contribution is 0.159. The smallest absolute Gasteiger partial charge is 0.306 e. The van der Waals surface area contributed by atoms with Crippen molar-refractivity contribution < 1.29 is 17.3 Å². The third kappa shape index (κ3) is 3.32. The molecule has 27 heavy (non-hydrogen) atoms. The van der Waals surface area contributed by atoms with Gasteiger partial charge in [-0.2, -0.15) is 8.42 Å². The fraction of sp³-hybridized carbons (Fsp3) is 0.429. The van der Waals surface area contributed by atoms with Crippen LogP contribution in [0.5, 0.6) is 11.5 Å². The Morgan fingerprint density at radius 2 is 1.85 bits per heavy atom. The summed E-state index contributed by atoms with van der Waals surface area (Å²) in [6.45, 7) is 5.94. The molecule has 2 aromatic rings. The van der Waals surface area contributed by atoms with Crippen molar-refractivity contribution in [3.05, 3.63) is 57.6 Å². The Morgan fingerprint density at radius 3 is 2.56 bits per heavy atom. The highest BCUT2D eigenvalue weighted by Crippen LogP contribution is 2.44. The largest absolute Gasteiger partial charge is 0.493 e. The third-order valence-corrected chi connectivity index (χ3v) is 6.24. The van der Waals surface area contributed by atoms with Gasteiger partial charge in [0, 0.05) is 24.7 Å². The molecule has 0 aromatic heterocycles. The maximum absolute atomic E-state index is 11.8. The molecule has 6 heteroatoms. The lowest BCUT2D eigenvalue weighted by Crippen LogP contribution is -2.39. The van der Waals surface area contributed by atoms with Crippen molar-refractivity contribution in [2.75, 3.05) is 19.9 Å². The van der Waals surface area contributed by atoms with Crippen LogP contribution in [0.25, 0.3) is 0 Å². The summed E-state index contributed by atoms with van der Waals surface area (Å²) in [6.07, 6.45) is 2.92. The molecule has 0 saturated carbocycles. The minimum Gasteiger partial charge on any atom is -0.493 e. The van der Waals surface area contributed by atoms with Gasteiger partial charge in [-0.3, -0.25) is 4.90 Å². The number of nitrogens with zero attached hydrogens (tertiary/aromatic N) is 1. The molecule has 0 saturated heterocycles. The van der Waals surface area contributed by atoms with Crippen LogP contribution in [0.15, 0.2) is 24.3 Å². The first kappa shape index (κ1) is 18.3. The number of hydrogen-bond acceptors (Lipinski definition) is 5. The first-order valence-corrected chi connectivity index (χ1v) is 11.0. The average Bonchev–Trinajstić information content (AvgIpc) is 2.60. The Hall–Kier alpha value is -2.05. The number of rotatable bonds is 3. The van der Waals surface area contributed by atoms with E-state index in [0.29, 0.717) is 24.1 Å². The van der Waals surface area contributed by atoms with Crippen LogP contribution >= 0.6 is 0 Å². The van der Waals surface area contributed by atoms with Gasteiger partial charge in [-0.1, -0.05) is 18.2 Å². The van der Waals surface area contributed by atoms with E-state index in [1.807, 2.05) is 6.07 Å². The van der Waals surface area contributed by atoms with Crippen LogP contribution in [-0.2, 0) is 29.5 Å². The van der Waals surface area contributed by atoms with Crippen molar-refractivity contribution in [1.82, 2.24) is 4.90 Å². The summed E-state index contributed by atoms with van der Waals surface area (Å²) >= 11 is 0. The summed E-state index contributed by atoms with van der Waals surface area (Å²) < 4.78 is 34.3. The molecule has 2 aliphatic rings. The highest BCUT2D eigenvalue weighted by atomic mass is 32.2. The van der Waals surface area contributed by atoms with Crippen LogP contribution in [0.2, 0.25) is 0 Å². The molecule has 2 aliphatic heterocycles. The van der Waals surface area contributed by atoms with Gasteiger partial charge in [-0.25, -0.2) is 0 Å². The van der Waals surface area contributed by atoms with Crippen molar-refractivity contribution in [3.8, 4) is 11.5 Å². The molecule has 1 atom stereocenters. The minimum atomic E-state index is -3.63. The highest BCUT2D eigenvalue weighted by Gasteiger charge is 2.35. The zero-order chi connectivity index (χ0) is 19.3. The second kappa shape index (κ2) is 6.53. The Balaban J connectivity index is 1.79. The lowest BCUT2D eigenvalue weighted by Gasteiger charge is -2.42. The summed E-state index contributed by atoms with van der Waals surface area (Å²) in [5.41, 5.74) is 7.54. The minimum absolute atomic E-state index is 0.319. The lowest BCUT2D eigenvalue weighted by atomic mass is 9.82. The van der Waals surface area contributed by atoms with Gasteiger partial charge in [-0.05, 0) is 60.6 Å². The molecule has 0 amide bonds. The van der Waals surface area contributed by atoms with Gasteiger partial charge in [0.05, 0.1) is 13.4 Å². The van der Waals surface area contributed by atoms with Crippen LogP contribution in [0.3, 0.4) is 0 Å². The van der Waals surface area contributed by atoms with Crippen molar-refractivity contribution in [2.45, 2.75) is 39.3 Å². The van der Waals surface area contributed by atoms with Crippen LogP contribution in [0, 0.1) is 13.8 Å². The molecule has 0 radical (unpaired) electrons. The molecule has 2 heterocycles. The maximum Gasteiger partial charge on any atom is 0.306 e. The standard InChI is InChI=1S/C21H25NO4S/c1-13-9-16-7-8-22-12-18-15(11-19(22)17(16)10-14(13)2)5-6-20(25-3)21(18)26-27(4,23)24/h5-6,9-10,19H,7-8,11-12H2,1-4H3. The van der Waals surface area contributed by atoms with Gasteiger partial charge in [0.2, 0.25) is 0 Å². The monoisotopic (exact) mass is 387 g/mol. The van der Waals surface area contributed by atoms with Gasteiger partial charge in [0.25, 0.3) is 0 Å². The Bertz CT molecular complexity index is 1010. The van der Waals surface area contributed by atoms with Crippen molar-refractivity contribution >= 4 is 10.1 Å². The number of methoxy groups -OCH3 is 1. The van der Waals surface area contributed by atoms with Crippen LogP contribution in [-0.4, -0.2) is 33.2 Å². The topological polar surface area (TPSA) is 55.8 Å². The molecule has 144 valence electrons. The molecule has 0 aliphatic carbocycles. The SMILES string of the molecule is COc1ccc2c(c1OS(C)(=O)=O)CN1CCc3cc(C)c(C)cc3C1C2. The first-order chi connectivity index (χ1) is 12.8.